The van der Waals surface area contributed by atoms with Crippen molar-refractivity contribution in [2.24, 2.45) is 4.99 Å². The van der Waals surface area contributed by atoms with E-state index in [4.69, 9.17) is 4.99 Å². The minimum absolute atomic E-state index is 0.0726. The van der Waals surface area contributed by atoms with Gasteiger partial charge in [0.25, 0.3) is 5.69 Å². The van der Waals surface area contributed by atoms with Crippen LogP contribution in [0.5, 0.6) is 0 Å². The fraction of sp³-hybridized carbons (Fsp3) is 0.333. The number of aryl methyl sites for hydroxylation is 2. The number of aromatic nitrogens is 1. The first-order valence-corrected chi connectivity index (χ1v) is 11.6. The normalized spacial score (nSPS) is 14.4. The van der Waals surface area contributed by atoms with Crippen molar-refractivity contribution < 1.29 is 9.72 Å². The van der Waals surface area contributed by atoms with Crippen molar-refractivity contribution in [3.8, 4) is 11.3 Å². The van der Waals surface area contributed by atoms with E-state index in [1.165, 1.54) is 12.1 Å². The van der Waals surface area contributed by atoms with E-state index in [9.17, 15) is 14.9 Å². The van der Waals surface area contributed by atoms with E-state index in [2.05, 4.69) is 29.7 Å². The molecule has 1 amide bonds. The zero-order chi connectivity index (χ0) is 22.7. The van der Waals surface area contributed by atoms with Crippen molar-refractivity contribution in [1.29, 1.82) is 0 Å². The molecule has 1 aliphatic heterocycles. The Kier molecular flexibility index (Phi) is 6.50. The van der Waals surface area contributed by atoms with Gasteiger partial charge in [-0.15, -0.1) is 11.3 Å². The molecule has 0 atom stereocenters. The number of non-ortho nitro benzene ring substituents is 1. The Balaban J connectivity index is 1.69. The van der Waals surface area contributed by atoms with E-state index in [0.29, 0.717) is 13.0 Å². The Bertz CT molecular complexity index is 1210. The summed E-state index contributed by atoms with van der Waals surface area (Å²) in [7, 11) is 0. The van der Waals surface area contributed by atoms with Crippen molar-refractivity contribution in [1.82, 2.24) is 9.47 Å². The lowest BCUT2D eigenvalue weighted by atomic mass is 10.1. The molecule has 0 bridgehead atoms. The van der Waals surface area contributed by atoms with E-state index >= 15 is 0 Å². The van der Waals surface area contributed by atoms with Crippen molar-refractivity contribution in [2.75, 3.05) is 13.1 Å². The van der Waals surface area contributed by atoms with Crippen LogP contribution in [0.3, 0.4) is 0 Å². The first-order chi connectivity index (χ1) is 15.4. The van der Waals surface area contributed by atoms with Crippen LogP contribution in [-0.2, 0) is 11.3 Å². The molecule has 3 aromatic rings. The molecule has 0 unspecified atom stereocenters. The maximum atomic E-state index is 12.0. The van der Waals surface area contributed by atoms with E-state index in [1.54, 1.807) is 23.5 Å². The van der Waals surface area contributed by atoms with Crippen LogP contribution in [0, 0.1) is 24.0 Å². The fourth-order valence-electron chi connectivity index (χ4n) is 3.92. The molecular weight excluding hydrogens is 424 g/mol. The van der Waals surface area contributed by atoms with Crippen LogP contribution in [0.2, 0.25) is 0 Å². The van der Waals surface area contributed by atoms with Crippen LogP contribution in [0.15, 0.2) is 52.8 Å². The number of likely N-dealkylation sites (tertiary alicyclic amines) is 1. The molecule has 7 nitrogen and oxygen atoms in total. The smallest absolute Gasteiger partial charge is 0.269 e. The highest BCUT2D eigenvalue weighted by Gasteiger charge is 2.19. The van der Waals surface area contributed by atoms with Gasteiger partial charge in [-0.2, -0.15) is 0 Å². The second kappa shape index (κ2) is 9.48. The number of nitro benzene ring substituents is 1. The summed E-state index contributed by atoms with van der Waals surface area (Å²) in [6, 6.07) is 12.8. The number of amides is 1. The number of carbonyl (C=O) groups is 1. The third-order valence-electron chi connectivity index (χ3n) is 5.73. The monoisotopic (exact) mass is 450 g/mol. The minimum atomic E-state index is -0.389. The highest BCUT2D eigenvalue weighted by atomic mass is 32.1. The van der Waals surface area contributed by atoms with Crippen LogP contribution < -0.4 is 4.80 Å². The molecule has 32 heavy (non-hydrogen) atoms. The summed E-state index contributed by atoms with van der Waals surface area (Å²) in [5.41, 5.74) is 5.15. The number of nitrogens with zero attached hydrogens (tertiary/aromatic N) is 4. The number of nitro groups is 1. The molecule has 2 heterocycles. The molecule has 166 valence electrons. The second-order valence-corrected chi connectivity index (χ2v) is 8.94. The predicted molar refractivity (Wildman–Crippen MR) is 126 cm³/mol. The molecule has 1 saturated heterocycles. The van der Waals surface area contributed by atoms with Gasteiger partial charge >= 0.3 is 0 Å². The van der Waals surface area contributed by atoms with Gasteiger partial charge in [0, 0.05) is 43.6 Å². The van der Waals surface area contributed by atoms with Gasteiger partial charge in [0.1, 0.15) is 0 Å². The number of thiazole rings is 1. The van der Waals surface area contributed by atoms with Gasteiger partial charge in [0.05, 0.1) is 16.3 Å². The Hall–Kier alpha value is -3.26. The number of hydrogen-bond donors (Lipinski definition) is 0. The van der Waals surface area contributed by atoms with Gasteiger partial charge < -0.3 is 9.47 Å². The summed E-state index contributed by atoms with van der Waals surface area (Å²) < 4.78 is 2.16. The first-order valence-electron chi connectivity index (χ1n) is 10.8. The molecule has 1 aromatic heterocycles. The molecule has 2 aromatic carbocycles. The summed E-state index contributed by atoms with van der Waals surface area (Å²) in [6.07, 6.45) is 2.40. The van der Waals surface area contributed by atoms with Crippen LogP contribution >= 0.6 is 11.3 Å². The number of hydrogen-bond acceptors (Lipinski definition) is 5. The maximum Gasteiger partial charge on any atom is 0.269 e. The van der Waals surface area contributed by atoms with Crippen LogP contribution in [-0.4, -0.2) is 33.4 Å². The first kappa shape index (κ1) is 22.0. The zero-order valence-corrected chi connectivity index (χ0v) is 19.1. The largest absolute Gasteiger partial charge is 0.343 e. The zero-order valence-electron chi connectivity index (χ0n) is 18.3. The number of benzene rings is 2. The van der Waals surface area contributed by atoms with Gasteiger partial charge in [-0.25, -0.2) is 4.99 Å². The summed E-state index contributed by atoms with van der Waals surface area (Å²) in [5, 5.41) is 13.1. The number of carbonyl (C=O) groups excluding carboxylic acids is 1. The molecule has 0 radical (unpaired) electrons. The topological polar surface area (TPSA) is 80.7 Å². The van der Waals surface area contributed by atoms with Crippen molar-refractivity contribution in [3.05, 3.63) is 73.9 Å². The van der Waals surface area contributed by atoms with Crippen LogP contribution in [0.1, 0.15) is 30.4 Å². The predicted octanol–water partition coefficient (Wildman–Crippen LogP) is 4.99. The summed E-state index contributed by atoms with van der Waals surface area (Å²) in [4.78, 5) is 30.4. The molecule has 0 N–H and O–H groups in total. The summed E-state index contributed by atoms with van der Waals surface area (Å²) >= 11 is 1.56. The van der Waals surface area contributed by atoms with Gasteiger partial charge in [-0.05, 0) is 61.6 Å². The highest BCUT2D eigenvalue weighted by molar-refractivity contribution is 7.07. The molecule has 1 fully saturated rings. The molecule has 0 saturated carbocycles. The van der Waals surface area contributed by atoms with E-state index in [-0.39, 0.29) is 16.5 Å². The second-order valence-electron chi connectivity index (χ2n) is 8.10. The standard InChI is InChI=1S/C24H26N4O3S/c1-17-6-7-18(2)21(15-17)25-24-27(14-4-13-26-12-3-5-23(26)29)22(16-32-24)19-8-10-20(11-9-19)28(30)31/h6-11,15-16H,3-5,12-14H2,1-2H3. The molecule has 4 rings (SSSR count). The lowest BCUT2D eigenvalue weighted by Gasteiger charge is -2.16. The SMILES string of the molecule is Cc1ccc(C)c(N=c2scc(-c3ccc([N+](=O)[O-])cc3)n2CCCN2CCCC2=O)c1. The molecule has 1 aliphatic rings. The van der Waals surface area contributed by atoms with E-state index in [1.807, 2.05) is 17.2 Å². The third-order valence-corrected chi connectivity index (χ3v) is 6.60. The molecule has 0 aliphatic carbocycles. The maximum absolute atomic E-state index is 12.0. The van der Waals surface area contributed by atoms with Crippen LogP contribution in [0.25, 0.3) is 11.3 Å². The quantitative estimate of drug-likeness (QED) is 0.376. The molecule has 0 spiro atoms. The molecular formula is C24H26N4O3S. The van der Waals surface area contributed by atoms with Crippen molar-refractivity contribution in [2.45, 2.75) is 39.7 Å². The summed E-state index contributed by atoms with van der Waals surface area (Å²) in [5.74, 6) is 0.233. The van der Waals surface area contributed by atoms with E-state index < -0.39 is 0 Å². The highest BCUT2D eigenvalue weighted by Crippen LogP contribution is 2.25. The summed E-state index contributed by atoms with van der Waals surface area (Å²) in [6.45, 7) is 6.37. The third kappa shape index (κ3) is 4.80. The average Bonchev–Trinajstić information content (AvgIpc) is 3.37. The lowest BCUT2D eigenvalue weighted by Crippen LogP contribution is -2.27. The van der Waals surface area contributed by atoms with Crippen LogP contribution in [0.4, 0.5) is 11.4 Å². The van der Waals surface area contributed by atoms with Gasteiger partial charge in [-0.1, -0.05) is 12.1 Å². The Morgan fingerprint density at radius 2 is 1.91 bits per heavy atom. The van der Waals surface area contributed by atoms with Gasteiger partial charge in [-0.3, -0.25) is 14.9 Å². The average molecular weight is 451 g/mol. The van der Waals surface area contributed by atoms with Crippen molar-refractivity contribution >= 4 is 28.6 Å². The van der Waals surface area contributed by atoms with E-state index in [0.717, 1.165) is 58.8 Å². The fourth-order valence-corrected chi connectivity index (χ4v) is 4.87. The number of rotatable bonds is 7. The molecule has 8 heteroatoms. The van der Waals surface area contributed by atoms with Crippen molar-refractivity contribution in [3.63, 3.8) is 0 Å². The Labute approximate surface area is 190 Å². The Morgan fingerprint density at radius 1 is 1.12 bits per heavy atom. The van der Waals surface area contributed by atoms with Gasteiger partial charge in [0.2, 0.25) is 5.91 Å². The lowest BCUT2D eigenvalue weighted by molar-refractivity contribution is -0.384. The Morgan fingerprint density at radius 3 is 2.59 bits per heavy atom. The van der Waals surface area contributed by atoms with Gasteiger partial charge in [0.15, 0.2) is 4.80 Å². The minimum Gasteiger partial charge on any atom is -0.343 e.